The molecule has 0 unspecified atom stereocenters. The lowest BCUT2D eigenvalue weighted by Gasteiger charge is -2.44. The van der Waals surface area contributed by atoms with Crippen LogP contribution in [0.4, 0.5) is 0 Å². The number of ketones is 2. The molecule has 1 spiro atoms. The van der Waals surface area contributed by atoms with Crippen molar-refractivity contribution in [2.75, 3.05) is 20.2 Å². The van der Waals surface area contributed by atoms with Crippen LogP contribution in [0.5, 0.6) is 11.5 Å². The Balaban J connectivity index is 1.35. The summed E-state index contributed by atoms with van der Waals surface area (Å²) >= 11 is 0. The number of aryl methyl sites for hydroxylation is 2. The SMILES string of the molecule is COc1ccccc1C(=O)CCC(=O)N1CCC2(CC1)CC(=O)c1cc(C)c(C)cc1O2. The van der Waals surface area contributed by atoms with Gasteiger partial charge in [0.15, 0.2) is 11.6 Å². The lowest BCUT2D eigenvalue weighted by Crippen LogP contribution is -2.52. The maximum atomic E-state index is 12.8. The van der Waals surface area contributed by atoms with Crippen molar-refractivity contribution in [3.8, 4) is 11.5 Å². The Morgan fingerprint density at radius 1 is 1.06 bits per heavy atom. The van der Waals surface area contributed by atoms with Crippen molar-refractivity contribution in [1.82, 2.24) is 4.90 Å². The first-order chi connectivity index (χ1) is 15.3. The third-order valence-electron chi connectivity index (χ3n) is 6.71. The smallest absolute Gasteiger partial charge is 0.223 e. The molecule has 2 heterocycles. The van der Waals surface area contributed by atoms with E-state index in [0.29, 0.717) is 55.0 Å². The van der Waals surface area contributed by atoms with Gasteiger partial charge in [-0.2, -0.15) is 0 Å². The summed E-state index contributed by atoms with van der Waals surface area (Å²) in [5, 5.41) is 0. The summed E-state index contributed by atoms with van der Waals surface area (Å²) < 4.78 is 11.6. The van der Waals surface area contributed by atoms with Crippen LogP contribution in [0.25, 0.3) is 0 Å². The number of rotatable bonds is 5. The van der Waals surface area contributed by atoms with Crippen molar-refractivity contribution >= 4 is 17.5 Å². The number of likely N-dealkylation sites (tertiary alicyclic amines) is 1. The molecule has 0 radical (unpaired) electrons. The van der Waals surface area contributed by atoms with E-state index in [1.807, 2.05) is 32.0 Å². The van der Waals surface area contributed by atoms with Gasteiger partial charge >= 0.3 is 0 Å². The summed E-state index contributed by atoms with van der Waals surface area (Å²) in [4.78, 5) is 39.9. The molecule has 6 nitrogen and oxygen atoms in total. The van der Waals surface area contributed by atoms with E-state index in [0.717, 1.165) is 11.1 Å². The normalized spacial score (nSPS) is 17.0. The maximum absolute atomic E-state index is 12.8. The van der Waals surface area contributed by atoms with Crippen molar-refractivity contribution in [2.45, 2.75) is 51.6 Å². The molecule has 2 aliphatic rings. The molecule has 0 aromatic heterocycles. The minimum Gasteiger partial charge on any atom is -0.496 e. The molecular formula is C26H29NO5. The van der Waals surface area contributed by atoms with Gasteiger partial charge in [0.1, 0.15) is 17.1 Å². The first-order valence-electron chi connectivity index (χ1n) is 11.1. The van der Waals surface area contributed by atoms with Gasteiger partial charge in [-0.3, -0.25) is 14.4 Å². The summed E-state index contributed by atoms with van der Waals surface area (Å²) in [7, 11) is 1.53. The monoisotopic (exact) mass is 435 g/mol. The summed E-state index contributed by atoms with van der Waals surface area (Å²) in [5.41, 5.74) is 2.79. The van der Waals surface area contributed by atoms with Gasteiger partial charge in [0.05, 0.1) is 24.7 Å². The molecule has 2 aliphatic heterocycles. The number of para-hydroxylation sites is 1. The molecule has 32 heavy (non-hydrogen) atoms. The Hall–Kier alpha value is -3.15. The number of fused-ring (bicyclic) bond motifs is 1. The zero-order valence-corrected chi connectivity index (χ0v) is 18.9. The number of amides is 1. The van der Waals surface area contributed by atoms with Crippen LogP contribution in [0.15, 0.2) is 36.4 Å². The molecule has 1 fully saturated rings. The quantitative estimate of drug-likeness (QED) is 0.655. The first kappa shape index (κ1) is 22.1. The van der Waals surface area contributed by atoms with E-state index in [4.69, 9.17) is 9.47 Å². The number of carbonyl (C=O) groups is 3. The van der Waals surface area contributed by atoms with Crippen LogP contribution in [0.3, 0.4) is 0 Å². The second-order valence-electron chi connectivity index (χ2n) is 8.82. The fourth-order valence-corrected chi connectivity index (χ4v) is 4.58. The fourth-order valence-electron chi connectivity index (χ4n) is 4.58. The van der Waals surface area contributed by atoms with Crippen molar-refractivity contribution < 1.29 is 23.9 Å². The van der Waals surface area contributed by atoms with Gasteiger partial charge in [-0.1, -0.05) is 12.1 Å². The number of piperidine rings is 1. The average molecular weight is 436 g/mol. The van der Waals surface area contributed by atoms with E-state index in [-0.39, 0.29) is 30.3 Å². The topological polar surface area (TPSA) is 72.9 Å². The highest BCUT2D eigenvalue weighted by Crippen LogP contribution is 2.40. The molecule has 1 saturated heterocycles. The maximum Gasteiger partial charge on any atom is 0.223 e. The average Bonchev–Trinajstić information content (AvgIpc) is 2.79. The first-order valence-corrected chi connectivity index (χ1v) is 11.1. The van der Waals surface area contributed by atoms with E-state index in [1.165, 1.54) is 7.11 Å². The zero-order valence-electron chi connectivity index (χ0n) is 18.9. The lowest BCUT2D eigenvalue weighted by atomic mass is 9.82. The molecule has 0 bridgehead atoms. The zero-order chi connectivity index (χ0) is 22.9. The molecular weight excluding hydrogens is 406 g/mol. The number of methoxy groups -OCH3 is 1. The van der Waals surface area contributed by atoms with Crippen LogP contribution in [0.1, 0.15) is 63.9 Å². The number of nitrogens with zero attached hydrogens (tertiary/aromatic N) is 1. The third kappa shape index (κ3) is 4.27. The van der Waals surface area contributed by atoms with E-state index in [2.05, 4.69) is 0 Å². The van der Waals surface area contributed by atoms with Gasteiger partial charge < -0.3 is 14.4 Å². The van der Waals surface area contributed by atoms with Gasteiger partial charge in [0, 0.05) is 38.8 Å². The van der Waals surface area contributed by atoms with Gasteiger partial charge in [0.25, 0.3) is 0 Å². The summed E-state index contributed by atoms with van der Waals surface area (Å²) in [6, 6.07) is 10.9. The molecule has 0 saturated carbocycles. The minimum absolute atomic E-state index is 0.0443. The minimum atomic E-state index is -0.546. The van der Waals surface area contributed by atoms with Crippen molar-refractivity contribution in [3.05, 3.63) is 58.7 Å². The number of Topliss-reactive ketones (excluding diaryl/α,β-unsaturated/α-hetero) is 2. The van der Waals surface area contributed by atoms with E-state index >= 15 is 0 Å². The molecule has 1 amide bonds. The Morgan fingerprint density at radius 2 is 1.75 bits per heavy atom. The van der Waals surface area contributed by atoms with Crippen molar-refractivity contribution in [2.24, 2.45) is 0 Å². The highest BCUT2D eigenvalue weighted by atomic mass is 16.5. The standard InChI is InChI=1S/C26H29NO5/c1-17-14-20-22(29)16-26(32-24(20)15-18(17)2)10-12-27(13-11-26)25(30)9-8-21(28)19-6-4-5-7-23(19)31-3/h4-7,14-15H,8-13,16H2,1-3H3. The molecule has 0 N–H and O–H groups in total. The Morgan fingerprint density at radius 3 is 2.47 bits per heavy atom. The second-order valence-corrected chi connectivity index (χ2v) is 8.82. The van der Waals surface area contributed by atoms with Crippen LogP contribution in [0, 0.1) is 13.8 Å². The molecule has 0 aliphatic carbocycles. The number of ether oxygens (including phenoxy) is 2. The summed E-state index contributed by atoms with van der Waals surface area (Å²) in [6.07, 6.45) is 1.86. The molecule has 2 aromatic carbocycles. The molecule has 4 rings (SSSR count). The summed E-state index contributed by atoms with van der Waals surface area (Å²) in [5.74, 6) is 1.14. The number of hydrogen-bond acceptors (Lipinski definition) is 5. The van der Waals surface area contributed by atoms with Gasteiger partial charge in [-0.25, -0.2) is 0 Å². The largest absolute Gasteiger partial charge is 0.496 e. The third-order valence-corrected chi connectivity index (χ3v) is 6.71. The van der Waals surface area contributed by atoms with Crippen LogP contribution >= 0.6 is 0 Å². The van der Waals surface area contributed by atoms with Crippen LogP contribution in [0.2, 0.25) is 0 Å². The highest BCUT2D eigenvalue weighted by molar-refractivity contribution is 6.01. The number of hydrogen-bond donors (Lipinski definition) is 0. The second kappa shape index (κ2) is 8.77. The lowest BCUT2D eigenvalue weighted by molar-refractivity contribution is -0.134. The van der Waals surface area contributed by atoms with Gasteiger partial charge in [0.2, 0.25) is 5.91 Å². The van der Waals surface area contributed by atoms with Crippen LogP contribution in [-0.4, -0.2) is 48.2 Å². The fraction of sp³-hybridized carbons (Fsp3) is 0.423. The van der Waals surface area contributed by atoms with E-state index in [1.54, 1.807) is 23.1 Å². The predicted octanol–water partition coefficient (Wildman–Crippen LogP) is 4.30. The van der Waals surface area contributed by atoms with Crippen molar-refractivity contribution in [3.63, 3.8) is 0 Å². The molecule has 168 valence electrons. The number of benzene rings is 2. The van der Waals surface area contributed by atoms with Crippen LogP contribution in [-0.2, 0) is 4.79 Å². The molecule has 0 atom stereocenters. The van der Waals surface area contributed by atoms with Crippen LogP contribution < -0.4 is 9.47 Å². The summed E-state index contributed by atoms with van der Waals surface area (Å²) in [6.45, 7) is 5.05. The predicted molar refractivity (Wildman–Crippen MR) is 121 cm³/mol. The van der Waals surface area contributed by atoms with E-state index in [9.17, 15) is 14.4 Å². The number of carbonyl (C=O) groups excluding carboxylic acids is 3. The van der Waals surface area contributed by atoms with Gasteiger partial charge in [-0.15, -0.1) is 0 Å². The Bertz CT molecular complexity index is 1070. The Labute approximate surface area is 188 Å². The molecule has 2 aromatic rings. The van der Waals surface area contributed by atoms with Gasteiger partial charge in [-0.05, 0) is 49.2 Å². The van der Waals surface area contributed by atoms with E-state index < -0.39 is 5.60 Å². The highest BCUT2D eigenvalue weighted by Gasteiger charge is 2.43. The Kier molecular flexibility index (Phi) is 6.04. The molecule has 6 heteroatoms. The van der Waals surface area contributed by atoms with Crippen molar-refractivity contribution in [1.29, 1.82) is 0 Å².